The van der Waals surface area contributed by atoms with Gasteiger partial charge in [-0.05, 0) is 73.5 Å². The zero-order valence-corrected chi connectivity index (χ0v) is 11.5. The molecule has 0 atom stereocenters. The first-order valence-electron chi connectivity index (χ1n) is 3.18. The molecular formula is C8H5Br2IO. The van der Waals surface area contributed by atoms with Crippen molar-refractivity contribution in [2.45, 2.75) is 6.92 Å². The van der Waals surface area contributed by atoms with Gasteiger partial charge < -0.3 is 0 Å². The molecule has 0 saturated carbocycles. The number of hydrogen-bond donors (Lipinski definition) is 0. The summed E-state index contributed by atoms with van der Waals surface area (Å²) in [6, 6.07) is 3.68. The topological polar surface area (TPSA) is 17.1 Å². The van der Waals surface area contributed by atoms with E-state index in [0.29, 0.717) is 0 Å². The highest BCUT2D eigenvalue weighted by Gasteiger charge is 2.09. The maximum Gasteiger partial charge on any atom is 0.160 e. The third-order valence-electron chi connectivity index (χ3n) is 1.41. The van der Waals surface area contributed by atoms with Crippen molar-refractivity contribution in [3.8, 4) is 0 Å². The van der Waals surface area contributed by atoms with Gasteiger partial charge in [0, 0.05) is 18.1 Å². The lowest BCUT2D eigenvalue weighted by Gasteiger charge is -2.03. The van der Waals surface area contributed by atoms with Crippen molar-refractivity contribution in [1.29, 1.82) is 0 Å². The van der Waals surface area contributed by atoms with E-state index in [4.69, 9.17) is 0 Å². The number of Topliss-reactive ketones (excluding diaryl/α,β-unsaturated/α-hetero) is 1. The van der Waals surface area contributed by atoms with Crippen LogP contribution < -0.4 is 0 Å². The van der Waals surface area contributed by atoms with Gasteiger partial charge in [0.25, 0.3) is 0 Å². The van der Waals surface area contributed by atoms with Crippen molar-refractivity contribution in [3.05, 3.63) is 30.2 Å². The number of carbonyl (C=O) groups excluding carboxylic acids is 1. The molecule has 0 heterocycles. The molecule has 1 nitrogen and oxygen atoms in total. The molecule has 12 heavy (non-hydrogen) atoms. The van der Waals surface area contributed by atoms with Gasteiger partial charge in [-0.25, -0.2) is 0 Å². The number of halogens is 3. The van der Waals surface area contributed by atoms with Crippen LogP contribution in [0.2, 0.25) is 0 Å². The first-order valence-corrected chi connectivity index (χ1v) is 5.85. The largest absolute Gasteiger partial charge is 0.294 e. The molecule has 0 saturated heterocycles. The highest BCUT2D eigenvalue weighted by atomic mass is 127. The van der Waals surface area contributed by atoms with Gasteiger partial charge in [0.2, 0.25) is 0 Å². The third-order valence-corrected chi connectivity index (χ3v) is 5.29. The summed E-state index contributed by atoms with van der Waals surface area (Å²) in [5.41, 5.74) is 0.755. The van der Waals surface area contributed by atoms with E-state index in [-0.39, 0.29) is 5.78 Å². The van der Waals surface area contributed by atoms with E-state index in [1.807, 2.05) is 12.1 Å². The smallest absolute Gasteiger partial charge is 0.160 e. The van der Waals surface area contributed by atoms with Crippen LogP contribution in [0.1, 0.15) is 17.3 Å². The quantitative estimate of drug-likeness (QED) is 0.393. The van der Waals surface area contributed by atoms with Crippen LogP contribution in [0.4, 0.5) is 0 Å². The zero-order valence-electron chi connectivity index (χ0n) is 6.20. The first kappa shape index (κ1) is 10.7. The molecule has 0 aliphatic carbocycles. The number of rotatable bonds is 1. The zero-order chi connectivity index (χ0) is 9.30. The third kappa shape index (κ3) is 2.09. The second-order valence-electron chi connectivity index (χ2n) is 2.28. The maximum absolute atomic E-state index is 11.1. The second kappa shape index (κ2) is 4.19. The van der Waals surface area contributed by atoms with E-state index in [2.05, 4.69) is 54.5 Å². The molecule has 0 aromatic heterocycles. The van der Waals surface area contributed by atoms with Gasteiger partial charge in [-0.3, -0.25) is 4.79 Å². The lowest BCUT2D eigenvalue weighted by Crippen LogP contribution is -1.96. The van der Waals surface area contributed by atoms with E-state index >= 15 is 0 Å². The standard InChI is InChI=1S/C8H5Br2IO/c1-4(12)5-2-3-6(9)7(10)8(5)11/h2-3H,1H3. The van der Waals surface area contributed by atoms with Gasteiger partial charge in [-0.2, -0.15) is 0 Å². The number of benzene rings is 1. The number of carbonyl (C=O) groups is 1. The summed E-state index contributed by atoms with van der Waals surface area (Å²) >= 11 is 8.91. The fraction of sp³-hybridized carbons (Fsp3) is 0.125. The van der Waals surface area contributed by atoms with E-state index in [9.17, 15) is 4.79 Å². The van der Waals surface area contributed by atoms with Crippen LogP contribution in [0, 0.1) is 3.57 Å². The first-order chi connectivity index (χ1) is 5.54. The SMILES string of the molecule is CC(=O)c1ccc(Br)c(Br)c1I. The van der Waals surface area contributed by atoms with Gasteiger partial charge in [-0.15, -0.1) is 0 Å². The number of ketones is 1. The van der Waals surface area contributed by atoms with Crippen LogP contribution in [0.15, 0.2) is 21.1 Å². The summed E-state index contributed by atoms with van der Waals surface area (Å²) in [6.45, 7) is 1.57. The molecule has 0 radical (unpaired) electrons. The van der Waals surface area contributed by atoms with E-state index in [1.165, 1.54) is 0 Å². The van der Waals surface area contributed by atoms with Gasteiger partial charge in [-0.1, -0.05) is 0 Å². The second-order valence-corrected chi connectivity index (χ2v) is 5.01. The Balaban J connectivity index is 3.36. The molecule has 1 aromatic rings. The molecule has 0 aliphatic heterocycles. The molecule has 64 valence electrons. The van der Waals surface area contributed by atoms with Crippen molar-refractivity contribution in [2.75, 3.05) is 0 Å². The van der Waals surface area contributed by atoms with Crippen molar-refractivity contribution in [3.63, 3.8) is 0 Å². The van der Waals surface area contributed by atoms with Crippen molar-refractivity contribution < 1.29 is 4.79 Å². The Bertz CT molecular complexity index is 336. The van der Waals surface area contributed by atoms with Crippen LogP contribution in [0.25, 0.3) is 0 Å². The molecule has 0 aliphatic rings. The van der Waals surface area contributed by atoms with Crippen molar-refractivity contribution in [1.82, 2.24) is 0 Å². The Kier molecular flexibility index (Phi) is 3.73. The molecule has 0 N–H and O–H groups in total. The molecule has 4 heteroatoms. The van der Waals surface area contributed by atoms with Gasteiger partial charge in [0.15, 0.2) is 5.78 Å². The van der Waals surface area contributed by atoms with Crippen LogP contribution in [0.5, 0.6) is 0 Å². The van der Waals surface area contributed by atoms with E-state index in [1.54, 1.807) is 6.92 Å². The summed E-state index contributed by atoms with van der Waals surface area (Å²) in [5.74, 6) is 0.0904. The van der Waals surface area contributed by atoms with Gasteiger partial charge in [0.1, 0.15) is 0 Å². The summed E-state index contributed by atoms with van der Waals surface area (Å²) in [6.07, 6.45) is 0. The fourth-order valence-electron chi connectivity index (χ4n) is 0.798. The molecule has 0 spiro atoms. The Hall–Kier alpha value is 0.580. The lowest BCUT2D eigenvalue weighted by atomic mass is 10.2. The average Bonchev–Trinajstić information content (AvgIpc) is 2.00. The Morgan fingerprint density at radius 1 is 1.42 bits per heavy atom. The Morgan fingerprint density at radius 2 is 2.00 bits per heavy atom. The van der Waals surface area contributed by atoms with E-state index in [0.717, 1.165) is 18.1 Å². The lowest BCUT2D eigenvalue weighted by molar-refractivity contribution is 0.101. The Labute approximate surface area is 101 Å². The fourth-order valence-corrected chi connectivity index (χ4v) is 2.69. The molecular weight excluding hydrogens is 399 g/mol. The molecule has 0 unspecified atom stereocenters. The molecule has 1 rings (SSSR count). The minimum absolute atomic E-state index is 0.0904. The van der Waals surface area contributed by atoms with Crippen molar-refractivity contribution >= 4 is 60.2 Å². The minimum atomic E-state index is 0.0904. The number of hydrogen-bond acceptors (Lipinski definition) is 1. The predicted molar refractivity (Wildman–Crippen MR) is 64.6 cm³/mol. The summed E-state index contributed by atoms with van der Waals surface area (Å²) in [7, 11) is 0. The van der Waals surface area contributed by atoms with Crippen LogP contribution in [-0.2, 0) is 0 Å². The van der Waals surface area contributed by atoms with Crippen molar-refractivity contribution in [2.24, 2.45) is 0 Å². The summed E-state index contributed by atoms with van der Waals surface area (Å²) in [5, 5.41) is 0. The monoisotopic (exact) mass is 402 g/mol. The van der Waals surface area contributed by atoms with Crippen LogP contribution in [-0.4, -0.2) is 5.78 Å². The predicted octanol–water partition coefficient (Wildman–Crippen LogP) is 4.02. The average molecular weight is 404 g/mol. The normalized spacial score (nSPS) is 10.0. The van der Waals surface area contributed by atoms with Crippen LogP contribution >= 0.6 is 54.5 Å². The summed E-state index contributed by atoms with van der Waals surface area (Å²) in [4.78, 5) is 11.1. The summed E-state index contributed by atoms with van der Waals surface area (Å²) < 4.78 is 2.86. The van der Waals surface area contributed by atoms with Gasteiger partial charge >= 0.3 is 0 Å². The van der Waals surface area contributed by atoms with Crippen LogP contribution in [0.3, 0.4) is 0 Å². The highest BCUT2D eigenvalue weighted by molar-refractivity contribution is 14.1. The molecule has 0 bridgehead atoms. The minimum Gasteiger partial charge on any atom is -0.294 e. The maximum atomic E-state index is 11.1. The van der Waals surface area contributed by atoms with E-state index < -0.39 is 0 Å². The Morgan fingerprint density at radius 3 is 2.50 bits per heavy atom. The van der Waals surface area contributed by atoms with Gasteiger partial charge in [0.05, 0.1) is 0 Å². The highest BCUT2D eigenvalue weighted by Crippen LogP contribution is 2.30. The molecule has 1 aromatic carbocycles. The molecule has 0 fully saturated rings. The molecule has 0 amide bonds.